The van der Waals surface area contributed by atoms with Gasteiger partial charge in [-0.2, -0.15) is 0 Å². The van der Waals surface area contributed by atoms with E-state index >= 15 is 0 Å². The van der Waals surface area contributed by atoms with Crippen molar-refractivity contribution < 1.29 is 14.3 Å². The van der Waals surface area contributed by atoms with Crippen molar-refractivity contribution in [1.29, 1.82) is 0 Å². The first-order valence-electron chi connectivity index (χ1n) is 7.99. The van der Waals surface area contributed by atoms with Crippen LogP contribution in [0, 0.1) is 0 Å². The van der Waals surface area contributed by atoms with E-state index < -0.39 is 0 Å². The number of nitrogens with zero attached hydrogens (tertiary/aromatic N) is 1. The smallest absolute Gasteiger partial charge is 0.409 e. The summed E-state index contributed by atoms with van der Waals surface area (Å²) in [6, 6.07) is 7.13. The van der Waals surface area contributed by atoms with Gasteiger partial charge in [0, 0.05) is 30.4 Å². The van der Waals surface area contributed by atoms with Crippen molar-refractivity contribution in [2.45, 2.75) is 25.8 Å². The van der Waals surface area contributed by atoms with Gasteiger partial charge in [-0.15, -0.1) is 0 Å². The lowest BCUT2D eigenvalue weighted by molar-refractivity contribution is 0.0958. The number of nitrogens with one attached hydrogen (secondary N) is 2. The van der Waals surface area contributed by atoms with Crippen molar-refractivity contribution in [2.75, 3.05) is 19.7 Å². The molecule has 2 N–H and O–H groups in total. The number of halogens is 1. The van der Waals surface area contributed by atoms with Crippen LogP contribution in [-0.2, 0) is 4.74 Å². The van der Waals surface area contributed by atoms with E-state index in [1.165, 1.54) is 0 Å². The summed E-state index contributed by atoms with van der Waals surface area (Å²) in [6.45, 7) is 3.33. The molecular weight excluding hydrogens is 330 g/mol. The largest absolute Gasteiger partial charge is 0.450 e. The Morgan fingerprint density at radius 2 is 2.12 bits per heavy atom. The molecule has 0 spiro atoms. The van der Waals surface area contributed by atoms with Gasteiger partial charge in [0.05, 0.1) is 6.61 Å². The summed E-state index contributed by atoms with van der Waals surface area (Å²) >= 11 is 5.90. The second kappa shape index (κ2) is 9.17. The molecule has 0 bridgehead atoms. The van der Waals surface area contributed by atoms with Crippen LogP contribution in [0.1, 0.15) is 25.3 Å². The van der Waals surface area contributed by atoms with E-state index in [4.69, 9.17) is 16.3 Å². The number of urea groups is 1. The molecule has 1 aromatic rings. The van der Waals surface area contributed by atoms with Gasteiger partial charge in [-0.05, 0) is 43.5 Å². The maximum absolute atomic E-state index is 11.9. The number of hydrogen-bond donors (Lipinski definition) is 2. The lowest BCUT2D eigenvalue weighted by atomic mass is 10.1. The van der Waals surface area contributed by atoms with E-state index in [2.05, 4.69) is 10.6 Å². The van der Waals surface area contributed by atoms with Crippen molar-refractivity contribution in [3.05, 3.63) is 41.1 Å². The lowest BCUT2D eigenvalue weighted by Crippen LogP contribution is -2.48. The maximum Gasteiger partial charge on any atom is 0.409 e. The van der Waals surface area contributed by atoms with Crippen LogP contribution in [0.3, 0.4) is 0 Å². The van der Waals surface area contributed by atoms with E-state index in [0.29, 0.717) is 37.6 Å². The van der Waals surface area contributed by atoms with Crippen LogP contribution < -0.4 is 10.6 Å². The average molecular weight is 352 g/mol. The molecule has 0 atom stereocenters. The molecule has 1 aromatic carbocycles. The topological polar surface area (TPSA) is 70.7 Å². The summed E-state index contributed by atoms with van der Waals surface area (Å²) in [5, 5.41) is 6.22. The van der Waals surface area contributed by atoms with Crippen LogP contribution >= 0.6 is 11.6 Å². The van der Waals surface area contributed by atoms with Crippen molar-refractivity contribution >= 4 is 29.8 Å². The SMILES string of the molecule is CCOC(=O)N1CCC(NC(=O)N/C=C/c2cccc(Cl)c2)CC1. The predicted octanol–water partition coefficient (Wildman–Crippen LogP) is 3.23. The Kier molecular flexibility index (Phi) is 6.93. The van der Waals surface area contributed by atoms with Gasteiger partial charge in [0.2, 0.25) is 0 Å². The summed E-state index contributed by atoms with van der Waals surface area (Å²) in [5.41, 5.74) is 0.908. The first-order valence-corrected chi connectivity index (χ1v) is 8.37. The zero-order valence-electron chi connectivity index (χ0n) is 13.6. The molecule has 130 valence electrons. The third kappa shape index (κ3) is 5.77. The number of rotatable bonds is 4. The molecular formula is C17H22ClN3O3. The molecule has 24 heavy (non-hydrogen) atoms. The molecule has 1 heterocycles. The van der Waals surface area contributed by atoms with E-state index in [9.17, 15) is 9.59 Å². The Morgan fingerprint density at radius 1 is 1.38 bits per heavy atom. The van der Waals surface area contributed by atoms with E-state index in [1.807, 2.05) is 18.2 Å². The Labute approximate surface area is 146 Å². The fourth-order valence-electron chi connectivity index (χ4n) is 2.47. The zero-order chi connectivity index (χ0) is 17.4. The van der Waals surface area contributed by atoms with Crippen molar-refractivity contribution in [3.8, 4) is 0 Å². The van der Waals surface area contributed by atoms with Crippen molar-refractivity contribution in [3.63, 3.8) is 0 Å². The number of likely N-dealkylation sites (tertiary alicyclic amines) is 1. The summed E-state index contributed by atoms with van der Waals surface area (Å²) in [6.07, 6.45) is 4.49. The quantitative estimate of drug-likeness (QED) is 0.874. The Morgan fingerprint density at radius 3 is 2.79 bits per heavy atom. The number of benzene rings is 1. The van der Waals surface area contributed by atoms with Crippen LogP contribution in [0.2, 0.25) is 5.02 Å². The summed E-state index contributed by atoms with van der Waals surface area (Å²) in [4.78, 5) is 25.2. The fourth-order valence-corrected chi connectivity index (χ4v) is 2.67. The predicted molar refractivity (Wildman–Crippen MR) is 93.8 cm³/mol. The molecule has 0 radical (unpaired) electrons. The molecule has 3 amide bonds. The minimum absolute atomic E-state index is 0.0512. The normalized spacial score (nSPS) is 15.3. The van der Waals surface area contributed by atoms with Crippen molar-refractivity contribution in [1.82, 2.24) is 15.5 Å². The third-order valence-corrected chi connectivity index (χ3v) is 3.93. The van der Waals surface area contributed by atoms with Gasteiger partial charge in [0.1, 0.15) is 0 Å². The van der Waals surface area contributed by atoms with E-state index in [-0.39, 0.29) is 18.2 Å². The second-order valence-corrected chi connectivity index (χ2v) is 5.90. The van der Waals surface area contributed by atoms with Gasteiger partial charge in [0.15, 0.2) is 0 Å². The van der Waals surface area contributed by atoms with Gasteiger partial charge in [-0.1, -0.05) is 23.7 Å². The van der Waals surface area contributed by atoms with Crippen LogP contribution in [-0.4, -0.2) is 42.8 Å². The minimum Gasteiger partial charge on any atom is -0.450 e. The van der Waals surface area contributed by atoms with Crippen LogP contribution in [0.15, 0.2) is 30.5 Å². The molecule has 0 aliphatic carbocycles. The molecule has 2 rings (SSSR count). The number of carbonyl (C=O) groups is 2. The van der Waals surface area contributed by atoms with Crippen LogP contribution in [0.4, 0.5) is 9.59 Å². The Hall–Kier alpha value is -2.21. The molecule has 0 saturated carbocycles. The molecule has 6 nitrogen and oxygen atoms in total. The zero-order valence-corrected chi connectivity index (χ0v) is 14.4. The number of hydrogen-bond acceptors (Lipinski definition) is 3. The monoisotopic (exact) mass is 351 g/mol. The fraction of sp³-hybridized carbons (Fsp3) is 0.412. The molecule has 1 saturated heterocycles. The highest BCUT2D eigenvalue weighted by molar-refractivity contribution is 6.30. The number of piperidine rings is 1. The average Bonchev–Trinajstić information content (AvgIpc) is 2.56. The van der Waals surface area contributed by atoms with Gasteiger partial charge < -0.3 is 20.3 Å². The number of carbonyl (C=O) groups excluding carboxylic acids is 2. The molecule has 1 aliphatic rings. The Balaban J connectivity index is 1.71. The molecule has 1 aliphatic heterocycles. The highest BCUT2D eigenvalue weighted by Crippen LogP contribution is 2.12. The minimum atomic E-state index is -0.287. The van der Waals surface area contributed by atoms with Crippen LogP contribution in [0.25, 0.3) is 6.08 Å². The molecule has 0 aromatic heterocycles. The van der Waals surface area contributed by atoms with Gasteiger partial charge in [0.25, 0.3) is 0 Å². The second-order valence-electron chi connectivity index (χ2n) is 5.47. The Bertz CT molecular complexity index is 598. The van der Waals surface area contributed by atoms with E-state index in [1.54, 1.807) is 30.2 Å². The lowest BCUT2D eigenvalue weighted by Gasteiger charge is -2.31. The maximum atomic E-state index is 11.9. The number of amides is 3. The molecule has 7 heteroatoms. The highest BCUT2D eigenvalue weighted by atomic mass is 35.5. The highest BCUT2D eigenvalue weighted by Gasteiger charge is 2.24. The van der Waals surface area contributed by atoms with Gasteiger partial charge in [-0.3, -0.25) is 0 Å². The standard InChI is InChI=1S/C17H22ClN3O3/c1-2-24-17(23)21-10-7-15(8-11-21)20-16(22)19-9-6-13-4-3-5-14(18)12-13/h3-6,9,12,15H,2,7-8,10-11H2,1H3,(H2,19,20,22)/b9-6+. The number of ether oxygens (including phenoxy) is 1. The molecule has 1 fully saturated rings. The van der Waals surface area contributed by atoms with Crippen LogP contribution in [0.5, 0.6) is 0 Å². The van der Waals surface area contributed by atoms with E-state index in [0.717, 1.165) is 5.56 Å². The first kappa shape index (κ1) is 18.1. The summed E-state index contributed by atoms with van der Waals surface area (Å²) in [7, 11) is 0. The van der Waals surface area contributed by atoms with Crippen molar-refractivity contribution in [2.24, 2.45) is 0 Å². The van der Waals surface area contributed by atoms with Gasteiger partial charge >= 0.3 is 12.1 Å². The third-order valence-electron chi connectivity index (χ3n) is 3.70. The summed E-state index contributed by atoms with van der Waals surface area (Å²) in [5.74, 6) is 0. The molecule has 0 unspecified atom stereocenters. The van der Waals surface area contributed by atoms with Gasteiger partial charge in [-0.25, -0.2) is 9.59 Å². The first-order chi connectivity index (χ1) is 11.6. The summed E-state index contributed by atoms with van der Waals surface area (Å²) < 4.78 is 4.97.